The maximum atomic E-state index is 5.25. The second-order valence-electron chi connectivity index (χ2n) is 3.70. The first-order valence-corrected chi connectivity index (χ1v) is 5.83. The molecule has 0 aliphatic heterocycles. The maximum Gasteiger partial charge on any atom is 0.119 e. The molecule has 3 rings (SSSR count). The van der Waals surface area contributed by atoms with Crippen LogP contribution in [0.1, 0.15) is 0 Å². The Bertz CT molecular complexity index is 672. The Morgan fingerprint density at radius 1 is 1.12 bits per heavy atom. The van der Waals surface area contributed by atoms with E-state index in [9.17, 15) is 0 Å². The Morgan fingerprint density at radius 3 is 2.81 bits per heavy atom. The molecule has 16 heavy (non-hydrogen) atoms. The summed E-state index contributed by atoms with van der Waals surface area (Å²) in [5, 5.41) is 2.39. The van der Waals surface area contributed by atoms with E-state index in [2.05, 4.69) is 39.1 Å². The van der Waals surface area contributed by atoms with Gasteiger partial charge in [0.05, 0.1) is 7.11 Å². The highest BCUT2D eigenvalue weighted by molar-refractivity contribution is 9.10. The normalized spacial score (nSPS) is 11.1. The fraction of sp³-hybridized carbons (Fsp3) is 0.0769. The summed E-state index contributed by atoms with van der Waals surface area (Å²) >= 11 is 3.58. The third kappa shape index (κ3) is 1.32. The van der Waals surface area contributed by atoms with Crippen LogP contribution in [-0.4, -0.2) is 12.1 Å². The van der Waals surface area contributed by atoms with Gasteiger partial charge in [-0.25, -0.2) is 0 Å². The van der Waals surface area contributed by atoms with E-state index in [0.717, 1.165) is 21.3 Å². The summed E-state index contributed by atoms with van der Waals surface area (Å²) in [7, 11) is 1.69. The molecule has 2 aromatic carbocycles. The summed E-state index contributed by atoms with van der Waals surface area (Å²) in [4.78, 5) is 3.38. The van der Waals surface area contributed by atoms with Gasteiger partial charge in [0.15, 0.2) is 0 Å². The molecule has 0 amide bonds. The molecule has 0 fully saturated rings. The van der Waals surface area contributed by atoms with Crippen LogP contribution in [-0.2, 0) is 0 Å². The maximum absolute atomic E-state index is 5.25. The highest BCUT2D eigenvalue weighted by atomic mass is 79.9. The van der Waals surface area contributed by atoms with Crippen molar-refractivity contribution >= 4 is 37.7 Å². The third-order valence-corrected chi connectivity index (χ3v) is 3.44. The van der Waals surface area contributed by atoms with Gasteiger partial charge in [-0.15, -0.1) is 0 Å². The highest BCUT2D eigenvalue weighted by Crippen LogP contribution is 2.33. The van der Waals surface area contributed by atoms with E-state index in [4.69, 9.17) is 4.74 Å². The molecule has 0 spiro atoms. The molecular formula is C13H10BrNO. The first-order chi connectivity index (χ1) is 7.79. The number of nitrogens with one attached hydrogen (secondary N) is 1. The Morgan fingerprint density at radius 2 is 2.00 bits per heavy atom. The van der Waals surface area contributed by atoms with Gasteiger partial charge in [-0.1, -0.05) is 22.0 Å². The zero-order valence-corrected chi connectivity index (χ0v) is 10.3. The van der Waals surface area contributed by atoms with Crippen molar-refractivity contribution in [3.05, 3.63) is 40.9 Å². The van der Waals surface area contributed by atoms with Gasteiger partial charge in [0.25, 0.3) is 0 Å². The van der Waals surface area contributed by atoms with Crippen LogP contribution in [0.2, 0.25) is 0 Å². The number of aromatic nitrogens is 1. The Labute approximate surface area is 101 Å². The summed E-state index contributed by atoms with van der Waals surface area (Å²) in [5.74, 6) is 0.879. The zero-order chi connectivity index (χ0) is 11.1. The van der Waals surface area contributed by atoms with E-state index in [1.54, 1.807) is 7.11 Å². The lowest BCUT2D eigenvalue weighted by atomic mass is 10.1. The fourth-order valence-electron chi connectivity index (χ4n) is 2.01. The molecule has 0 saturated heterocycles. The molecule has 0 saturated carbocycles. The fourth-order valence-corrected chi connectivity index (χ4v) is 2.59. The molecule has 0 atom stereocenters. The first-order valence-electron chi connectivity index (χ1n) is 5.03. The molecule has 2 nitrogen and oxygen atoms in total. The number of hydrogen-bond acceptors (Lipinski definition) is 1. The van der Waals surface area contributed by atoms with E-state index in [-0.39, 0.29) is 0 Å². The minimum Gasteiger partial charge on any atom is -0.497 e. The highest BCUT2D eigenvalue weighted by Gasteiger charge is 2.07. The minimum absolute atomic E-state index is 0.879. The monoisotopic (exact) mass is 275 g/mol. The van der Waals surface area contributed by atoms with E-state index < -0.39 is 0 Å². The zero-order valence-electron chi connectivity index (χ0n) is 8.75. The van der Waals surface area contributed by atoms with Crippen molar-refractivity contribution in [2.24, 2.45) is 0 Å². The molecular weight excluding hydrogens is 266 g/mol. The Hall–Kier alpha value is -1.48. The van der Waals surface area contributed by atoms with Crippen molar-refractivity contribution in [1.82, 2.24) is 4.98 Å². The second-order valence-corrected chi connectivity index (χ2v) is 4.55. The topological polar surface area (TPSA) is 25.0 Å². The molecule has 1 heterocycles. The second kappa shape index (κ2) is 3.52. The van der Waals surface area contributed by atoms with Crippen molar-refractivity contribution in [2.45, 2.75) is 0 Å². The number of benzene rings is 2. The van der Waals surface area contributed by atoms with Gasteiger partial charge in [0, 0.05) is 26.3 Å². The number of aromatic amines is 1. The van der Waals surface area contributed by atoms with Gasteiger partial charge < -0.3 is 9.72 Å². The van der Waals surface area contributed by atoms with Gasteiger partial charge in [-0.2, -0.15) is 0 Å². The van der Waals surface area contributed by atoms with E-state index >= 15 is 0 Å². The smallest absolute Gasteiger partial charge is 0.119 e. The number of H-pyrrole nitrogens is 1. The first kappa shape index (κ1) is 9.73. The van der Waals surface area contributed by atoms with Crippen LogP contribution in [0, 0.1) is 0 Å². The summed E-state index contributed by atoms with van der Waals surface area (Å²) in [6.45, 7) is 0. The van der Waals surface area contributed by atoms with Crippen LogP contribution in [0.3, 0.4) is 0 Å². The average molecular weight is 276 g/mol. The van der Waals surface area contributed by atoms with Crippen LogP contribution in [0.15, 0.2) is 40.9 Å². The van der Waals surface area contributed by atoms with Crippen molar-refractivity contribution in [2.75, 3.05) is 7.11 Å². The van der Waals surface area contributed by atoms with Gasteiger partial charge in [0.1, 0.15) is 5.75 Å². The lowest BCUT2D eigenvalue weighted by Crippen LogP contribution is -1.80. The third-order valence-electron chi connectivity index (χ3n) is 2.78. The molecule has 3 heteroatoms. The molecule has 3 aromatic rings. The quantitative estimate of drug-likeness (QED) is 0.711. The summed E-state index contributed by atoms with van der Waals surface area (Å²) < 4.78 is 6.35. The van der Waals surface area contributed by atoms with Crippen LogP contribution >= 0.6 is 15.9 Å². The minimum atomic E-state index is 0.879. The van der Waals surface area contributed by atoms with Gasteiger partial charge in [0.2, 0.25) is 0 Å². The Kier molecular flexibility index (Phi) is 2.14. The molecule has 0 aliphatic rings. The number of methoxy groups -OCH3 is 1. The average Bonchev–Trinajstić information content (AvgIpc) is 2.67. The summed E-state index contributed by atoms with van der Waals surface area (Å²) in [6.07, 6.45) is 0. The van der Waals surface area contributed by atoms with Gasteiger partial charge in [-0.3, -0.25) is 0 Å². The van der Waals surface area contributed by atoms with Crippen LogP contribution < -0.4 is 4.74 Å². The van der Waals surface area contributed by atoms with E-state index in [1.807, 2.05) is 18.2 Å². The molecule has 80 valence electrons. The molecule has 1 aromatic heterocycles. The van der Waals surface area contributed by atoms with Crippen molar-refractivity contribution < 1.29 is 4.74 Å². The van der Waals surface area contributed by atoms with Gasteiger partial charge in [-0.05, 0) is 30.3 Å². The lowest BCUT2D eigenvalue weighted by molar-refractivity contribution is 0.415. The van der Waals surface area contributed by atoms with Crippen molar-refractivity contribution in [3.8, 4) is 5.75 Å². The van der Waals surface area contributed by atoms with E-state index in [1.165, 1.54) is 10.8 Å². The lowest BCUT2D eigenvalue weighted by Gasteiger charge is -1.99. The molecule has 0 aliphatic carbocycles. The molecule has 1 N–H and O–H groups in total. The van der Waals surface area contributed by atoms with Gasteiger partial charge >= 0.3 is 0 Å². The summed E-state index contributed by atoms with van der Waals surface area (Å²) in [6, 6.07) is 12.2. The summed E-state index contributed by atoms with van der Waals surface area (Å²) in [5.41, 5.74) is 2.26. The number of hydrogen-bond donors (Lipinski definition) is 1. The molecule has 0 radical (unpaired) electrons. The number of halogens is 1. The molecule has 0 bridgehead atoms. The number of ether oxygens (including phenoxy) is 1. The number of rotatable bonds is 1. The van der Waals surface area contributed by atoms with E-state index in [0.29, 0.717) is 0 Å². The van der Waals surface area contributed by atoms with Crippen LogP contribution in [0.25, 0.3) is 21.8 Å². The van der Waals surface area contributed by atoms with Crippen molar-refractivity contribution in [1.29, 1.82) is 0 Å². The Balaban J connectivity index is 2.50. The predicted molar refractivity (Wildman–Crippen MR) is 70.1 cm³/mol. The van der Waals surface area contributed by atoms with Crippen LogP contribution in [0.4, 0.5) is 0 Å². The van der Waals surface area contributed by atoms with Crippen molar-refractivity contribution in [3.63, 3.8) is 0 Å². The standard InChI is InChI=1S/C13H10BrNO/c1-16-8-5-6-11-9(7-8)13-10(14)3-2-4-12(13)15-11/h2-7,15H,1H3. The SMILES string of the molecule is COc1ccc2[nH]c3cccc(Br)c3c2c1. The van der Waals surface area contributed by atoms with Crippen LogP contribution in [0.5, 0.6) is 5.75 Å². The molecule has 0 unspecified atom stereocenters. The predicted octanol–water partition coefficient (Wildman–Crippen LogP) is 4.09. The largest absolute Gasteiger partial charge is 0.497 e. The number of fused-ring (bicyclic) bond motifs is 3.